The zero-order valence-electron chi connectivity index (χ0n) is 30.7. The number of aliphatic hydroxyl groups is 8. The first-order valence-electron chi connectivity index (χ1n) is 18.1. The van der Waals surface area contributed by atoms with Gasteiger partial charge in [-0.2, -0.15) is 0 Å². The van der Waals surface area contributed by atoms with Crippen molar-refractivity contribution in [2.75, 3.05) is 26.4 Å². The minimum Gasteiger partial charge on any atom is -0.504 e. The van der Waals surface area contributed by atoms with E-state index in [4.69, 9.17) is 33.2 Å². The fourth-order valence-corrected chi connectivity index (χ4v) is 6.44. The molecule has 0 aliphatic carbocycles. The van der Waals surface area contributed by atoms with Crippen molar-refractivity contribution in [2.45, 2.75) is 93.9 Å². The van der Waals surface area contributed by atoms with E-state index in [0.29, 0.717) is 12.0 Å². The highest BCUT2D eigenvalue weighted by Crippen LogP contribution is 2.37. The SMILES string of the molecule is CC=C1C(OC2OC(CO)C(O)C(O)C2O)OC=C(C(=O)OCCc2ccc(O)c(O)c2)C1CC(=O)Oc1ccc(CCOC2OC(CO)C(O)C(O)C2O)cc1. The number of carbonyl (C=O) groups excluding carboxylic acids is 2. The molecule has 3 heterocycles. The first-order valence-corrected chi connectivity index (χ1v) is 18.1. The molecule has 19 heteroatoms. The predicted octanol–water partition coefficient (Wildman–Crippen LogP) is -1.84. The topological polar surface area (TPSA) is 301 Å². The highest BCUT2D eigenvalue weighted by molar-refractivity contribution is 5.91. The molecule has 3 aliphatic heterocycles. The summed E-state index contributed by atoms with van der Waals surface area (Å²) in [6.45, 7) is 0.132. The Hall–Kier alpha value is -4.22. The molecular weight excluding hydrogens is 760 g/mol. The zero-order valence-corrected chi connectivity index (χ0v) is 30.7. The van der Waals surface area contributed by atoms with Gasteiger partial charge in [0.05, 0.1) is 44.7 Å². The van der Waals surface area contributed by atoms with E-state index in [1.165, 1.54) is 36.4 Å². The standard InChI is InChI=1S/C38H48O19/c1-2-21-22(14-28(43)54-20-6-3-18(4-7-20)9-12-52-37-33(48)31(46)29(44)26(15-39)55-37)23(35(50)51-11-10-19-5-8-24(41)25(42)13-19)17-53-36(21)57-38-34(49)32(47)30(45)27(16-40)56-38/h2-8,13,17,22,26-27,29-34,36-42,44-49H,9-12,14-16H2,1H3. The van der Waals surface area contributed by atoms with Gasteiger partial charge >= 0.3 is 11.9 Å². The van der Waals surface area contributed by atoms with Crippen LogP contribution in [0.2, 0.25) is 0 Å². The number of aromatic hydroxyl groups is 2. The van der Waals surface area contributed by atoms with Gasteiger partial charge in [0.1, 0.15) is 54.6 Å². The van der Waals surface area contributed by atoms with Crippen LogP contribution in [-0.4, -0.2) is 157 Å². The molecule has 0 spiro atoms. The fraction of sp³-hybridized carbons (Fsp3) is 0.526. The molecule has 0 aromatic heterocycles. The van der Waals surface area contributed by atoms with Crippen LogP contribution < -0.4 is 4.74 Å². The van der Waals surface area contributed by atoms with Gasteiger partial charge in [-0.1, -0.05) is 24.3 Å². The van der Waals surface area contributed by atoms with Gasteiger partial charge in [0.25, 0.3) is 0 Å². The Bertz CT molecular complexity index is 1710. The number of carbonyl (C=O) groups is 2. The second kappa shape index (κ2) is 20.0. The lowest BCUT2D eigenvalue weighted by atomic mass is 9.86. The highest BCUT2D eigenvalue weighted by Gasteiger charge is 2.47. The summed E-state index contributed by atoms with van der Waals surface area (Å²) in [4.78, 5) is 26.9. The lowest BCUT2D eigenvalue weighted by Gasteiger charge is -2.41. The first kappa shape index (κ1) is 43.9. The largest absolute Gasteiger partial charge is 0.504 e. The maximum atomic E-state index is 13.4. The molecular formula is C38H48O19. The Labute approximate surface area is 326 Å². The van der Waals surface area contributed by atoms with Gasteiger partial charge in [-0.15, -0.1) is 0 Å². The van der Waals surface area contributed by atoms with Crippen molar-refractivity contribution in [1.29, 1.82) is 0 Å². The average Bonchev–Trinajstić information content (AvgIpc) is 3.20. The molecule has 314 valence electrons. The van der Waals surface area contributed by atoms with Crippen molar-refractivity contribution < 1.29 is 93.8 Å². The molecule has 2 aromatic carbocycles. The van der Waals surface area contributed by atoms with Crippen molar-refractivity contribution in [2.24, 2.45) is 5.92 Å². The molecule has 2 fully saturated rings. The monoisotopic (exact) mass is 808 g/mol. The van der Waals surface area contributed by atoms with Crippen molar-refractivity contribution in [3.63, 3.8) is 0 Å². The third-order valence-corrected chi connectivity index (χ3v) is 9.75. The number of aliphatic hydroxyl groups excluding tert-OH is 8. The van der Waals surface area contributed by atoms with Crippen molar-refractivity contribution in [3.8, 4) is 17.2 Å². The van der Waals surface area contributed by atoms with E-state index in [-0.39, 0.29) is 48.0 Å². The Morgan fingerprint density at radius 1 is 0.737 bits per heavy atom. The van der Waals surface area contributed by atoms with E-state index in [1.54, 1.807) is 19.1 Å². The van der Waals surface area contributed by atoms with Crippen molar-refractivity contribution >= 4 is 11.9 Å². The predicted molar refractivity (Wildman–Crippen MR) is 190 cm³/mol. The van der Waals surface area contributed by atoms with E-state index in [9.17, 15) is 60.7 Å². The summed E-state index contributed by atoms with van der Waals surface area (Å²) in [7, 11) is 0. The van der Waals surface area contributed by atoms with E-state index in [2.05, 4.69) is 0 Å². The van der Waals surface area contributed by atoms with Crippen LogP contribution in [0.4, 0.5) is 0 Å². The molecule has 5 rings (SSSR count). The summed E-state index contributed by atoms with van der Waals surface area (Å²) in [6, 6.07) is 10.5. The average molecular weight is 809 g/mol. The van der Waals surface area contributed by atoms with E-state index >= 15 is 0 Å². The number of phenolic OH excluding ortho intramolecular Hbond substituents is 2. The first-order chi connectivity index (χ1) is 27.3. The Balaban J connectivity index is 1.24. The van der Waals surface area contributed by atoms with Crippen LogP contribution in [0.1, 0.15) is 24.5 Å². The van der Waals surface area contributed by atoms with Gasteiger partial charge in [-0.05, 0) is 48.7 Å². The molecule has 0 radical (unpaired) electrons. The summed E-state index contributed by atoms with van der Waals surface area (Å²) in [6.07, 6.45) is -14.0. The van der Waals surface area contributed by atoms with E-state index in [0.717, 1.165) is 11.8 Å². The van der Waals surface area contributed by atoms with Crippen LogP contribution in [0.25, 0.3) is 0 Å². The minimum atomic E-state index is -1.77. The third kappa shape index (κ3) is 10.6. The molecule has 2 aromatic rings. The van der Waals surface area contributed by atoms with E-state index in [1.807, 2.05) is 0 Å². The molecule has 0 saturated carbocycles. The van der Waals surface area contributed by atoms with Gasteiger partial charge < -0.3 is 84.2 Å². The highest BCUT2D eigenvalue weighted by atomic mass is 16.8. The number of hydrogen-bond donors (Lipinski definition) is 10. The molecule has 12 unspecified atom stereocenters. The number of allylic oxidation sites excluding steroid dienone is 1. The van der Waals surface area contributed by atoms with Gasteiger partial charge in [0.15, 0.2) is 24.1 Å². The quantitative estimate of drug-likeness (QED) is 0.0409. The van der Waals surface area contributed by atoms with Gasteiger partial charge in [-0.3, -0.25) is 4.79 Å². The lowest BCUT2D eigenvalue weighted by Crippen LogP contribution is -2.60. The molecule has 3 aliphatic rings. The number of ether oxygens (including phenoxy) is 7. The normalized spacial score (nSPS) is 32.3. The van der Waals surface area contributed by atoms with Crippen LogP contribution in [0.15, 0.2) is 65.9 Å². The van der Waals surface area contributed by atoms with Crippen LogP contribution in [0.5, 0.6) is 17.2 Å². The number of phenols is 2. The smallest absolute Gasteiger partial charge is 0.337 e. The molecule has 2 saturated heterocycles. The van der Waals surface area contributed by atoms with Crippen LogP contribution in [0, 0.1) is 5.92 Å². The Kier molecular flexibility index (Phi) is 15.4. The zero-order chi connectivity index (χ0) is 41.4. The maximum Gasteiger partial charge on any atom is 0.337 e. The fourth-order valence-electron chi connectivity index (χ4n) is 6.44. The number of hydrogen-bond acceptors (Lipinski definition) is 19. The summed E-state index contributed by atoms with van der Waals surface area (Å²) in [5.74, 6) is -3.24. The second-order valence-electron chi connectivity index (χ2n) is 13.6. The number of rotatable bonds is 15. The number of benzene rings is 2. The van der Waals surface area contributed by atoms with Gasteiger partial charge in [0.2, 0.25) is 6.29 Å². The van der Waals surface area contributed by atoms with Crippen LogP contribution >= 0.6 is 0 Å². The molecule has 10 N–H and O–H groups in total. The molecule has 0 amide bonds. The summed E-state index contributed by atoms with van der Waals surface area (Å²) in [5, 5.41) is 99.4. The molecule has 57 heavy (non-hydrogen) atoms. The third-order valence-electron chi connectivity index (χ3n) is 9.75. The molecule has 12 atom stereocenters. The Morgan fingerprint density at radius 2 is 1.33 bits per heavy atom. The van der Waals surface area contributed by atoms with Crippen molar-refractivity contribution in [3.05, 3.63) is 77.1 Å². The Morgan fingerprint density at radius 3 is 1.95 bits per heavy atom. The van der Waals surface area contributed by atoms with Crippen molar-refractivity contribution in [1.82, 2.24) is 0 Å². The van der Waals surface area contributed by atoms with Crippen LogP contribution in [-0.2, 0) is 50.9 Å². The molecule has 0 bridgehead atoms. The summed E-state index contributed by atoms with van der Waals surface area (Å²) >= 11 is 0. The summed E-state index contributed by atoms with van der Waals surface area (Å²) < 4.78 is 38.9. The second-order valence-corrected chi connectivity index (χ2v) is 13.6. The van der Waals surface area contributed by atoms with Gasteiger partial charge in [0, 0.05) is 17.9 Å². The van der Waals surface area contributed by atoms with Gasteiger partial charge in [-0.25, -0.2) is 4.79 Å². The van der Waals surface area contributed by atoms with E-state index < -0.39 is 105 Å². The summed E-state index contributed by atoms with van der Waals surface area (Å²) in [5.41, 5.74) is 1.39. The number of esters is 2. The lowest BCUT2D eigenvalue weighted by molar-refractivity contribution is -0.327. The molecule has 19 nitrogen and oxygen atoms in total. The maximum absolute atomic E-state index is 13.4. The minimum absolute atomic E-state index is 0.0205. The van der Waals surface area contributed by atoms with Crippen LogP contribution in [0.3, 0.4) is 0 Å².